The van der Waals surface area contributed by atoms with Crippen molar-refractivity contribution in [1.29, 1.82) is 0 Å². The van der Waals surface area contributed by atoms with E-state index in [1.165, 1.54) is 19.3 Å². The van der Waals surface area contributed by atoms with Crippen molar-refractivity contribution < 1.29 is 9.84 Å². The van der Waals surface area contributed by atoms with E-state index in [-0.39, 0.29) is 6.61 Å². The Labute approximate surface area is 112 Å². The van der Waals surface area contributed by atoms with E-state index in [1.54, 1.807) is 0 Å². The van der Waals surface area contributed by atoms with Gasteiger partial charge in [0.05, 0.1) is 12.7 Å². The molecule has 3 atom stereocenters. The normalized spacial score (nSPS) is 32.2. The van der Waals surface area contributed by atoms with Gasteiger partial charge in [0.2, 0.25) is 0 Å². The van der Waals surface area contributed by atoms with Gasteiger partial charge >= 0.3 is 0 Å². The molecule has 0 spiro atoms. The van der Waals surface area contributed by atoms with E-state index >= 15 is 0 Å². The van der Waals surface area contributed by atoms with Crippen LogP contribution in [-0.4, -0.2) is 30.0 Å². The number of hydrogen-bond acceptors (Lipinski definition) is 3. The smallest absolute Gasteiger partial charge is 0.0611 e. The number of ether oxygens (including phenoxy) is 1. The fourth-order valence-corrected chi connectivity index (χ4v) is 3.05. The number of rotatable bonds is 7. The molecule has 0 aromatic carbocycles. The predicted octanol–water partition coefficient (Wildman–Crippen LogP) is 2.71. The van der Waals surface area contributed by atoms with E-state index < -0.39 is 5.54 Å². The molecule has 0 aromatic heterocycles. The average Bonchev–Trinajstić information content (AvgIpc) is 2.33. The molecule has 0 saturated heterocycles. The van der Waals surface area contributed by atoms with Crippen molar-refractivity contribution in [3.8, 4) is 0 Å². The summed E-state index contributed by atoms with van der Waals surface area (Å²) in [5.41, 5.74) is 5.65. The fraction of sp³-hybridized carbons (Fsp3) is 1.00. The minimum absolute atomic E-state index is 0.0704. The Balaban J connectivity index is 2.17. The molecule has 0 aromatic rings. The van der Waals surface area contributed by atoms with Crippen molar-refractivity contribution in [2.45, 2.75) is 70.9 Å². The maximum Gasteiger partial charge on any atom is 0.0611 e. The van der Waals surface area contributed by atoms with Crippen LogP contribution in [0.4, 0.5) is 0 Å². The molecule has 3 unspecified atom stereocenters. The van der Waals surface area contributed by atoms with Crippen molar-refractivity contribution in [2.75, 3.05) is 13.2 Å². The molecule has 0 aliphatic heterocycles. The lowest BCUT2D eigenvalue weighted by Gasteiger charge is -2.32. The van der Waals surface area contributed by atoms with Crippen molar-refractivity contribution >= 4 is 0 Å². The lowest BCUT2D eigenvalue weighted by Crippen LogP contribution is -2.43. The molecule has 0 heterocycles. The topological polar surface area (TPSA) is 55.5 Å². The summed E-state index contributed by atoms with van der Waals surface area (Å²) in [6.45, 7) is 7.52. The highest BCUT2D eigenvalue weighted by Gasteiger charge is 2.25. The monoisotopic (exact) mass is 257 g/mol. The zero-order chi connectivity index (χ0) is 13.6. The number of nitrogens with two attached hydrogens (primary N) is 1. The Morgan fingerprint density at radius 2 is 1.83 bits per heavy atom. The molecular formula is C15H31NO2. The average molecular weight is 257 g/mol. The highest BCUT2D eigenvalue weighted by molar-refractivity contribution is 4.81. The molecule has 1 aliphatic rings. The third-order valence-corrected chi connectivity index (χ3v) is 4.33. The van der Waals surface area contributed by atoms with Gasteiger partial charge in [-0.1, -0.05) is 20.8 Å². The van der Waals surface area contributed by atoms with Gasteiger partial charge in [-0.3, -0.25) is 0 Å². The molecule has 18 heavy (non-hydrogen) atoms. The zero-order valence-corrected chi connectivity index (χ0v) is 12.3. The standard InChI is InChI=1S/C15H31NO2/c1-4-15(16,11-17)6-5-7-18-14-9-12(2)8-13(3)10-14/h12-14,17H,4-11,16H2,1-3H3. The summed E-state index contributed by atoms with van der Waals surface area (Å²) in [6.07, 6.45) is 6.79. The van der Waals surface area contributed by atoms with Crippen LogP contribution in [0.1, 0.15) is 59.3 Å². The molecule has 0 amide bonds. The summed E-state index contributed by atoms with van der Waals surface area (Å²) >= 11 is 0. The van der Waals surface area contributed by atoms with E-state index in [2.05, 4.69) is 13.8 Å². The van der Waals surface area contributed by atoms with Gasteiger partial charge < -0.3 is 15.6 Å². The van der Waals surface area contributed by atoms with Crippen molar-refractivity contribution in [3.63, 3.8) is 0 Å². The summed E-state index contributed by atoms with van der Waals surface area (Å²) in [5, 5.41) is 9.24. The maximum absolute atomic E-state index is 9.24. The largest absolute Gasteiger partial charge is 0.394 e. The Bertz CT molecular complexity index is 219. The van der Waals surface area contributed by atoms with Crippen LogP contribution in [0.5, 0.6) is 0 Å². The minimum Gasteiger partial charge on any atom is -0.394 e. The van der Waals surface area contributed by atoms with Crippen LogP contribution in [-0.2, 0) is 4.74 Å². The van der Waals surface area contributed by atoms with E-state index in [9.17, 15) is 5.11 Å². The first kappa shape index (κ1) is 15.9. The Hall–Kier alpha value is -0.120. The maximum atomic E-state index is 9.24. The molecule has 1 fully saturated rings. The van der Waals surface area contributed by atoms with Gasteiger partial charge in [-0.05, 0) is 50.4 Å². The Morgan fingerprint density at radius 1 is 1.22 bits per heavy atom. The van der Waals surface area contributed by atoms with Gasteiger partial charge in [-0.25, -0.2) is 0 Å². The van der Waals surface area contributed by atoms with Gasteiger partial charge in [0.1, 0.15) is 0 Å². The molecule has 0 bridgehead atoms. The van der Waals surface area contributed by atoms with Crippen LogP contribution < -0.4 is 5.73 Å². The first-order valence-electron chi connectivity index (χ1n) is 7.50. The van der Waals surface area contributed by atoms with Crippen LogP contribution >= 0.6 is 0 Å². The molecule has 3 N–H and O–H groups in total. The Morgan fingerprint density at radius 3 is 2.33 bits per heavy atom. The van der Waals surface area contributed by atoms with E-state index in [0.29, 0.717) is 6.10 Å². The van der Waals surface area contributed by atoms with Crippen LogP contribution in [0.15, 0.2) is 0 Å². The first-order valence-corrected chi connectivity index (χ1v) is 7.50. The summed E-state index contributed by atoms with van der Waals surface area (Å²) in [6, 6.07) is 0. The van der Waals surface area contributed by atoms with E-state index in [4.69, 9.17) is 10.5 Å². The molecule has 3 heteroatoms. The second-order valence-electron chi connectivity index (χ2n) is 6.39. The third-order valence-electron chi connectivity index (χ3n) is 4.33. The fourth-order valence-electron chi connectivity index (χ4n) is 3.05. The molecule has 1 aliphatic carbocycles. The number of aliphatic hydroxyl groups excluding tert-OH is 1. The van der Waals surface area contributed by atoms with Crippen LogP contribution in [0.2, 0.25) is 0 Å². The van der Waals surface area contributed by atoms with Gasteiger partial charge in [-0.15, -0.1) is 0 Å². The minimum atomic E-state index is -0.406. The zero-order valence-electron chi connectivity index (χ0n) is 12.3. The molecule has 0 radical (unpaired) electrons. The number of hydrogen-bond donors (Lipinski definition) is 2. The first-order chi connectivity index (χ1) is 8.49. The summed E-state index contributed by atoms with van der Waals surface area (Å²) < 4.78 is 5.97. The molecule has 1 saturated carbocycles. The Kier molecular flexibility index (Phi) is 6.61. The summed E-state index contributed by atoms with van der Waals surface area (Å²) in [4.78, 5) is 0. The lowest BCUT2D eigenvalue weighted by molar-refractivity contribution is -0.00310. The second kappa shape index (κ2) is 7.46. The van der Waals surface area contributed by atoms with Crippen molar-refractivity contribution in [1.82, 2.24) is 0 Å². The van der Waals surface area contributed by atoms with Gasteiger partial charge in [0, 0.05) is 12.1 Å². The lowest BCUT2D eigenvalue weighted by atomic mass is 9.82. The van der Waals surface area contributed by atoms with E-state index in [0.717, 1.165) is 37.7 Å². The van der Waals surface area contributed by atoms with Crippen molar-refractivity contribution in [2.24, 2.45) is 17.6 Å². The second-order valence-corrected chi connectivity index (χ2v) is 6.39. The molecule has 1 rings (SSSR count). The summed E-state index contributed by atoms with van der Waals surface area (Å²) in [7, 11) is 0. The predicted molar refractivity (Wildman–Crippen MR) is 75.4 cm³/mol. The van der Waals surface area contributed by atoms with Crippen molar-refractivity contribution in [3.05, 3.63) is 0 Å². The highest BCUT2D eigenvalue weighted by atomic mass is 16.5. The SMILES string of the molecule is CCC(N)(CO)CCCOC1CC(C)CC(C)C1. The van der Waals surface area contributed by atoms with Crippen LogP contribution in [0.25, 0.3) is 0 Å². The van der Waals surface area contributed by atoms with Gasteiger partial charge in [0.25, 0.3) is 0 Å². The van der Waals surface area contributed by atoms with Crippen LogP contribution in [0, 0.1) is 11.8 Å². The van der Waals surface area contributed by atoms with Gasteiger partial charge in [-0.2, -0.15) is 0 Å². The van der Waals surface area contributed by atoms with Crippen LogP contribution in [0.3, 0.4) is 0 Å². The summed E-state index contributed by atoms with van der Waals surface area (Å²) in [5.74, 6) is 1.58. The van der Waals surface area contributed by atoms with E-state index in [1.807, 2.05) is 6.92 Å². The highest BCUT2D eigenvalue weighted by Crippen LogP contribution is 2.30. The third kappa shape index (κ3) is 5.25. The molecular weight excluding hydrogens is 226 g/mol. The van der Waals surface area contributed by atoms with Gasteiger partial charge in [0.15, 0.2) is 0 Å². The quantitative estimate of drug-likeness (QED) is 0.689. The molecule has 108 valence electrons. The number of aliphatic hydroxyl groups is 1. The molecule has 3 nitrogen and oxygen atoms in total.